The second kappa shape index (κ2) is 5.19. The first kappa shape index (κ1) is 14.4. The zero-order valence-electron chi connectivity index (χ0n) is 13.1. The molecular formula is C18H16N4O2. The number of nitrogens with zero attached hydrogens (tertiary/aromatic N) is 2. The standard InChI is InChI=1S/C18H16N4O2/c1-10(11-5-3-2-4-6-11)22-16(23)8-12-7-15-14(17(19)21-20-15)9-13(12)18(22)24/h2-7,9-10H,8H2,1H3,(H3,19,20,21)/t10-/m1/s1. The Bertz CT molecular complexity index is 962. The summed E-state index contributed by atoms with van der Waals surface area (Å²) in [5.74, 6) is -0.143. The van der Waals surface area contributed by atoms with Gasteiger partial charge in [-0.3, -0.25) is 19.6 Å². The van der Waals surface area contributed by atoms with Gasteiger partial charge in [-0.15, -0.1) is 0 Å². The number of nitrogens with one attached hydrogen (secondary N) is 1. The highest BCUT2D eigenvalue weighted by molar-refractivity contribution is 6.12. The van der Waals surface area contributed by atoms with E-state index in [0.29, 0.717) is 22.3 Å². The predicted molar refractivity (Wildman–Crippen MR) is 90.2 cm³/mol. The van der Waals surface area contributed by atoms with Crippen LogP contribution in [0.15, 0.2) is 42.5 Å². The van der Waals surface area contributed by atoms with Crippen LogP contribution in [0.5, 0.6) is 0 Å². The number of imide groups is 1. The molecule has 120 valence electrons. The fourth-order valence-corrected chi connectivity index (χ4v) is 3.24. The van der Waals surface area contributed by atoms with Gasteiger partial charge in [0, 0.05) is 10.9 Å². The van der Waals surface area contributed by atoms with Gasteiger partial charge in [-0.25, -0.2) is 0 Å². The molecule has 0 bridgehead atoms. The van der Waals surface area contributed by atoms with Crippen LogP contribution in [-0.4, -0.2) is 26.9 Å². The summed E-state index contributed by atoms with van der Waals surface area (Å²) >= 11 is 0. The van der Waals surface area contributed by atoms with E-state index in [2.05, 4.69) is 10.2 Å². The molecule has 1 aromatic heterocycles. The first-order valence-corrected chi connectivity index (χ1v) is 7.74. The Morgan fingerprint density at radius 3 is 2.71 bits per heavy atom. The second-order valence-corrected chi connectivity index (χ2v) is 6.00. The van der Waals surface area contributed by atoms with Crippen LogP contribution in [0.3, 0.4) is 0 Å². The molecule has 0 unspecified atom stereocenters. The lowest BCUT2D eigenvalue weighted by atomic mass is 9.94. The van der Waals surface area contributed by atoms with E-state index in [1.807, 2.05) is 37.3 Å². The topological polar surface area (TPSA) is 92.1 Å². The van der Waals surface area contributed by atoms with Gasteiger partial charge in [0.05, 0.1) is 18.0 Å². The van der Waals surface area contributed by atoms with E-state index >= 15 is 0 Å². The number of nitrogen functional groups attached to an aromatic ring is 1. The molecule has 24 heavy (non-hydrogen) atoms. The molecule has 2 amide bonds. The fourth-order valence-electron chi connectivity index (χ4n) is 3.24. The van der Waals surface area contributed by atoms with Crippen molar-refractivity contribution in [3.8, 4) is 0 Å². The van der Waals surface area contributed by atoms with E-state index in [-0.39, 0.29) is 24.3 Å². The van der Waals surface area contributed by atoms with Crippen molar-refractivity contribution >= 4 is 28.5 Å². The summed E-state index contributed by atoms with van der Waals surface area (Å²) in [4.78, 5) is 26.9. The second-order valence-electron chi connectivity index (χ2n) is 6.00. The van der Waals surface area contributed by atoms with E-state index in [4.69, 9.17) is 5.73 Å². The van der Waals surface area contributed by atoms with Crippen molar-refractivity contribution < 1.29 is 9.59 Å². The maximum Gasteiger partial charge on any atom is 0.261 e. The van der Waals surface area contributed by atoms with Crippen molar-refractivity contribution in [2.75, 3.05) is 5.73 Å². The molecule has 0 aliphatic carbocycles. The summed E-state index contributed by atoms with van der Waals surface area (Å²) in [6.07, 6.45) is 0.188. The lowest BCUT2D eigenvalue weighted by Crippen LogP contribution is -2.43. The van der Waals surface area contributed by atoms with Crippen LogP contribution in [0.1, 0.15) is 34.5 Å². The van der Waals surface area contributed by atoms with Gasteiger partial charge in [-0.1, -0.05) is 30.3 Å². The number of carbonyl (C=O) groups excluding carboxylic acids is 2. The summed E-state index contributed by atoms with van der Waals surface area (Å²) in [6, 6.07) is 12.7. The SMILES string of the molecule is C[C@H](c1ccccc1)N1C(=O)Cc2cc3[nH]nc(N)c3cc2C1=O. The molecule has 0 fully saturated rings. The average Bonchev–Trinajstić information content (AvgIpc) is 2.94. The van der Waals surface area contributed by atoms with Gasteiger partial charge < -0.3 is 5.73 Å². The first-order chi connectivity index (χ1) is 11.6. The van der Waals surface area contributed by atoms with E-state index in [1.54, 1.807) is 12.1 Å². The minimum absolute atomic E-state index is 0.188. The van der Waals surface area contributed by atoms with Gasteiger partial charge in [-0.05, 0) is 30.2 Å². The quantitative estimate of drug-likeness (QED) is 0.709. The van der Waals surface area contributed by atoms with Gasteiger partial charge in [0.25, 0.3) is 5.91 Å². The zero-order chi connectivity index (χ0) is 16.8. The van der Waals surface area contributed by atoms with Crippen LogP contribution in [0, 0.1) is 0 Å². The molecule has 0 radical (unpaired) electrons. The monoisotopic (exact) mass is 320 g/mol. The number of hydrogen-bond acceptors (Lipinski definition) is 4. The molecule has 3 aromatic rings. The predicted octanol–water partition coefficient (Wildman–Crippen LogP) is 2.43. The molecular weight excluding hydrogens is 304 g/mol. The number of amides is 2. The van der Waals surface area contributed by atoms with Crippen molar-refractivity contribution in [2.24, 2.45) is 0 Å². The van der Waals surface area contributed by atoms with Crippen molar-refractivity contribution in [1.29, 1.82) is 0 Å². The summed E-state index contributed by atoms with van der Waals surface area (Å²) in [5, 5.41) is 7.47. The minimum atomic E-state index is -0.322. The molecule has 1 aliphatic rings. The van der Waals surface area contributed by atoms with Gasteiger partial charge in [-0.2, -0.15) is 5.10 Å². The van der Waals surface area contributed by atoms with Crippen molar-refractivity contribution in [2.45, 2.75) is 19.4 Å². The number of nitrogens with two attached hydrogens (primary N) is 1. The normalized spacial score (nSPS) is 15.6. The number of H-pyrrole nitrogens is 1. The number of aromatic nitrogens is 2. The Labute approximate surface area is 138 Å². The highest BCUT2D eigenvalue weighted by atomic mass is 16.2. The van der Waals surface area contributed by atoms with Gasteiger partial charge >= 0.3 is 0 Å². The van der Waals surface area contributed by atoms with Crippen molar-refractivity contribution in [3.05, 3.63) is 59.2 Å². The minimum Gasteiger partial charge on any atom is -0.382 e. The third-order valence-corrected chi connectivity index (χ3v) is 4.54. The number of carbonyl (C=O) groups is 2. The molecule has 3 N–H and O–H groups in total. The third-order valence-electron chi connectivity index (χ3n) is 4.54. The van der Waals surface area contributed by atoms with Crippen molar-refractivity contribution in [3.63, 3.8) is 0 Å². The number of anilines is 1. The summed E-state index contributed by atoms with van der Waals surface area (Å²) in [7, 11) is 0. The molecule has 0 saturated carbocycles. The maximum atomic E-state index is 13.0. The number of aromatic amines is 1. The molecule has 0 spiro atoms. The average molecular weight is 320 g/mol. The highest BCUT2D eigenvalue weighted by Gasteiger charge is 2.35. The smallest absolute Gasteiger partial charge is 0.261 e. The number of fused-ring (bicyclic) bond motifs is 2. The number of hydrogen-bond donors (Lipinski definition) is 2. The van der Waals surface area contributed by atoms with Crippen LogP contribution in [0.2, 0.25) is 0 Å². The Balaban J connectivity index is 1.80. The summed E-state index contributed by atoms with van der Waals surface area (Å²) in [6.45, 7) is 1.86. The van der Waals surface area contributed by atoms with E-state index < -0.39 is 0 Å². The maximum absolute atomic E-state index is 13.0. The molecule has 2 heterocycles. The van der Waals surface area contributed by atoms with Gasteiger partial charge in [0.15, 0.2) is 5.82 Å². The van der Waals surface area contributed by atoms with Crippen LogP contribution >= 0.6 is 0 Å². The lowest BCUT2D eigenvalue weighted by Gasteiger charge is -2.32. The van der Waals surface area contributed by atoms with Crippen molar-refractivity contribution in [1.82, 2.24) is 15.1 Å². The molecule has 6 nitrogen and oxygen atoms in total. The van der Waals surface area contributed by atoms with Crippen LogP contribution in [0.25, 0.3) is 10.9 Å². The highest BCUT2D eigenvalue weighted by Crippen LogP contribution is 2.31. The number of benzene rings is 2. The molecule has 6 heteroatoms. The van der Waals surface area contributed by atoms with E-state index in [0.717, 1.165) is 11.1 Å². The Kier molecular flexibility index (Phi) is 3.13. The molecule has 1 atom stereocenters. The van der Waals surface area contributed by atoms with Crippen LogP contribution in [0.4, 0.5) is 5.82 Å². The van der Waals surface area contributed by atoms with Gasteiger partial charge in [0.2, 0.25) is 5.91 Å². The van der Waals surface area contributed by atoms with Crippen LogP contribution < -0.4 is 5.73 Å². The number of rotatable bonds is 2. The Morgan fingerprint density at radius 2 is 1.96 bits per heavy atom. The Hall–Kier alpha value is -3.15. The first-order valence-electron chi connectivity index (χ1n) is 7.74. The molecule has 2 aromatic carbocycles. The van der Waals surface area contributed by atoms with Gasteiger partial charge in [0.1, 0.15) is 0 Å². The van der Waals surface area contributed by atoms with E-state index in [1.165, 1.54) is 4.90 Å². The van der Waals surface area contributed by atoms with E-state index in [9.17, 15) is 9.59 Å². The Morgan fingerprint density at radius 1 is 1.21 bits per heavy atom. The summed E-state index contributed by atoms with van der Waals surface area (Å²) < 4.78 is 0. The molecule has 4 rings (SSSR count). The zero-order valence-corrected chi connectivity index (χ0v) is 13.1. The lowest BCUT2D eigenvalue weighted by molar-refractivity contribution is -0.130. The van der Waals surface area contributed by atoms with Crippen LogP contribution in [-0.2, 0) is 11.2 Å². The largest absolute Gasteiger partial charge is 0.382 e. The molecule has 0 saturated heterocycles. The third kappa shape index (κ3) is 2.07. The molecule has 1 aliphatic heterocycles. The summed E-state index contributed by atoms with van der Waals surface area (Å²) in [5.41, 5.74) is 8.71. The fraction of sp³-hybridized carbons (Fsp3) is 0.167.